The SMILES string of the molecule is Cc1cc(C(=O)O)c(C)n1Cc1cccc2ccccc12. The third kappa shape index (κ3) is 2.31. The Hall–Kier alpha value is -2.55. The van der Waals surface area contributed by atoms with Crippen molar-refractivity contribution >= 4 is 16.7 Å². The van der Waals surface area contributed by atoms with Crippen molar-refractivity contribution in [1.29, 1.82) is 0 Å². The monoisotopic (exact) mass is 279 g/mol. The normalized spacial score (nSPS) is 11.0. The van der Waals surface area contributed by atoms with Gasteiger partial charge in [-0.15, -0.1) is 0 Å². The molecule has 0 bridgehead atoms. The van der Waals surface area contributed by atoms with Crippen LogP contribution in [0.5, 0.6) is 0 Å². The first-order chi connectivity index (χ1) is 10.1. The van der Waals surface area contributed by atoms with Crippen LogP contribution in [0.25, 0.3) is 10.8 Å². The summed E-state index contributed by atoms with van der Waals surface area (Å²) in [7, 11) is 0. The van der Waals surface area contributed by atoms with Gasteiger partial charge in [-0.3, -0.25) is 0 Å². The average Bonchev–Trinajstić information content (AvgIpc) is 2.76. The predicted octanol–water partition coefficient (Wildman–Crippen LogP) is 4.00. The largest absolute Gasteiger partial charge is 0.478 e. The molecule has 2 aromatic carbocycles. The molecule has 0 aliphatic heterocycles. The van der Waals surface area contributed by atoms with Crippen LogP contribution in [0.1, 0.15) is 27.3 Å². The van der Waals surface area contributed by atoms with E-state index in [9.17, 15) is 9.90 Å². The van der Waals surface area contributed by atoms with E-state index < -0.39 is 5.97 Å². The highest BCUT2D eigenvalue weighted by Gasteiger charge is 2.15. The lowest BCUT2D eigenvalue weighted by molar-refractivity contribution is 0.0696. The molecule has 0 aliphatic rings. The van der Waals surface area contributed by atoms with Gasteiger partial charge in [-0.05, 0) is 36.2 Å². The number of carbonyl (C=O) groups is 1. The minimum atomic E-state index is -0.868. The van der Waals surface area contributed by atoms with Crippen molar-refractivity contribution in [2.45, 2.75) is 20.4 Å². The van der Waals surface area contributed by atoms with E-state index in [0.717, 1.165) is 11.4 Å². The van der Waals surface area contributed by atoms with Crippen molar-refractivity contribution in [1.82, 2.24) is 4.57 Å². The highest BCUT2D eigenvalue weighted by molar-refractivity contribution is 5.89. The summed E-state index contributed by atoms with van der Waals surface area (Å²) in [6.07, 6.45) is 0. The van der Waals surface area contributed by atoms with E-state index in [1.807, 2.05) is 32.0 Å². The average molecular weight is 279 g/mol. The lowest BCUT2D eigenvalue weighted by Gasteiger charge is -2.12. The Morgan fingerprint density at radius 2 is 1.81 bits per heavy atom. The molecule has 1 N–H and O–H groups in total. The van der Waals surface area contributed by atoms with Crippen LogP contribution in [0.3, 0.4) is 0 Å². The maximum absolute atomic E-state index is 11.2. The van der Waals surface area contributed by atoms with Crippen LogP contribution in [0.2, 0.25) is 0 Å². The zero-order valence-corrected chi connectivity index (χ0v) is 12.1. The highest BCUT2D eigenvalue weighted by Crippen LogP contribution is 2.22. The Bertz CT molecular complexity index is 825. The molecule has 1 aromatic heterocycles. The van der Waals surface area contributed by atoms with Gasteiger partial charge in [0.15, 0.2) is 0 Å². The minimum absolute atomic E-state index is 0.382. The van der Waals surface area contributed by atoms with Gasteiger partial charge >= 0.3 is 5.97 Å². The quantitative estimate of drug-likeness (QED) is 0.787. The molecule has 0 aliphatic carbocycles. The van der Waals surface area contributed by atoms with Gasteiger partial charge in [0.05, 0.1) is 5.56 Å². The second kappa shape index (κ2) is 5.09. The van der Waals surface area contributed by atoms with Crippen molar-refractivity contribution in [3.05, 3.63) is 71.0 Å². The number of benzene rings is 2. The number of hydrogen-bond donors (Lipinski definition) is 1. The molecule has 0 fully saturated rings. The number of rotatable bonds is 3. The third-order valence-corrected chi connectivity index (χ3v) is 4.01. The van der Waals surface area contributed by atoms with Crippen LogP contribution in [0.15, 0.2) is 48.5 Å². The number of aromatic nitrogens is 1. The summed E-state index contributed by atoms with van der Waals surface area (Å²) in [6.45, 7) is 4.50. The first-order valence-electron chi connectivity index (χ1n) is 6.94. The van der Waals surface area contributed by atoms with Gasteiger partial charge < -0.3 is 9.67 Å². The van der Waals surface area contributed by atoms with Gasteiger partial charge in [0.2, 0.25) is 0 Å². The molecule has 1 heterocycles. The molecule has 21 heavy (non-hydrogen) atoms. The maximum atomic E-state index is 11.2. The molecule has 0 saturated heterocycles. The zero-order chi connectivity index (χ0) is 15.0. The number of aromatic carboxylic acids is 1. The fourth-order valence-electron chi connectivity index (χ4n) is 2.86. The highest BCUT2D eigenvalue weighted by atomic mass is 16.4. The Morgan fingerprint density at radius 1 is 1.10 bits per heavy atom. The van der Waals surface area contributed by atoms with E-state index in [0.29, 0.717) is 12.1 Å². The summed E-state index contributed by atoms with van der Waals surface area (Å²) in [5.41, 5.74) is 3.35. The molecule has 0 spiro atoms. The molecule has 0 unspecified atom stereocenters. The molecule has 0 saturated carbocycles. The fourth-order valence-corrected chi connectivity index (χ4v) is 2.86. The van der Waals surface area contributed by atoms with Crippen molar-refractivity contribution in [3.63, 3.8) is 0 Å². The number of nitrogens with zero attached hydrogens (tertiary/aromatic N) is 1. The summed E-state index contributed by atoms with van der Waals surface area (Å²) >= 11 is 0. The molecule has 3 heteroatoms. The summed E-state index contributed by atoms with van der Waals surface area (Å²) in [4.78, 5) is 11.2. The van der Waals surface area contributed by atoms with E-state index in [4.69, 9.17) is 0 Å². The van der Waals surface area contributed by atoms with Crippen LogP contribution in [0, 0.1) is 13.8 Å². The van der Waals surface area contributed by atoms with E-state index in [1.54, 1.807) is 6.07 Å². The fraction of sp³-hybridized carbons (Fsp3) is 0.167. The van der Waals surface area contributed by atoms with Crippen molar-refractivity contribution in [2.24, 2.45) is 0 Å². The van der Waals surface area contributed by atoms with Crippen LogP contribution in [0.4, 0.5) is 0 Å². The molecular formula is C18H17NO2. The first kappa shape index (κ1) is 13.4. The Balaban J connectivity index is 2.09. The smallest absolute Gasteiger partial charge is 0.337 e. The third-order valence-electron chi connectivity index (χ3n) is 4.01. The standard InChI is InChI=1S/C18H17NO2/c1-12-10-17(18(20)21)13(2)19(12)11-15-8-5-7-14-6-3-4-9-16(14)15/h3-10H,11H2,1-2H3,(H,20,21). The molecule has 0 atom stereocenters. The van der Waals surface area contributed by atoms with Crippen molar-refractivity contribution < 1.29 is 9.90 Å². The van der Waals surface area contributed by atoms with E-state index in [2.05, 4.69) is 28.8 Å². The molecular weight excluding hydrogens is 262 g/mol. The maximum Gasteiger partial charge on any atom is 0.337 e. The molecule has 3 nitrogen and oxygen atoms in total. The lowest BCUT2D eigenvalue weighted by Crippen LogP contribution is -2.06. The van der Waals surface area contributed by atoms with Crippen LogP contribution in [-0.4, -0.2) is 15.6 Å². The zero-order valence-electron chi connectivity index (χ0n) is 12.1. The van der Waals surface area contributed by atoms with Crippen molar-refractivity contribution in [2.75, 3.05) is 0 Å². The summed E-state index contributed by atoms with van der Waals surface area (Å²) in [6, 6.07) is 16.2. The molecule has 106 valence electrons. The van der Waals surface area contributed by atoms with Crippen LogP contribution in [-0.2, 0) is 6.54 Å². The van der Waals surface area contributed by atoms with Gasteiger partial charge in [-0.25, -0.2) is 4.79 Å². The summed E-state index contributed by atoms with van der Waals surface area (Å²) in [5, 5.41) is 11.6. The second-order valence-electron chi connectivity index (χ2n) is 5.31. The summed E-state index contributed by atoms with van der Waals surface area (Å²) < 4.78 is 2.06. The van der Waals surface area contributed by atoms with Gasteiger partial charge in [0.1, 0.15) is 0 Å². The molecule has 0 radical (unpaired) electrons. The summed E-state index contributed by atoms with van der Waals surface area (Å²) in [5.74, 6) is -0.868. The van der Waals surface area contributed by atoms with Gasteiger partial charge in [0.25, 0.3) is 0 Å². The molecule has 3 rings (SSSR count). The molecule has 0 amide bonds. The number of aryl methyl sites for hydroxylation is 1. The Kier molecular flexibility index (Phi) is 3.26. The van der Waals surface area contributed by atoms with Gasteiger partial charge in [-0.1, -0.05) is 42.5 Å². The van der Waals surface area contributed by atoms with Crippen molar-refractivity contribution in [3.8, 4) is 0 Å². The minimum Gasteiger partial charge on any atom is -0.478 e. The topological polar surface area (TPSA) is 42.2 Å². The first-order valence-corrected chi connectivity index (χ1v) is 6.94. The van der Waals surface area contributed by atoms with E-state index in [-0.39, 0.29) is 0 Å². The number of fused-ring (bicyclic) bond motifs is 1. The predicted molar refractivity (Wildman–Crippen MR) is 83.9 cm³/mol. The lowest BCUT2D eigenvalue weighted by atomic mass is 10.0. The van der Waals surface area contributed by atoms with Crippen LogP contribution < -0.4 is 0 Å². The number of carboxylic acid groups (broad SMARTS) is 1. The van der Waals surface area contributed by atoms with Gasteiger partial charge in [0, 0.05) is 17.9 Å². The number of carboxylic acids is 1. The van der Waals surface area contributed by atoms with E-state index >= 15 is 0 Å². The Morgan fingerprint density at radius 3 is 2.52 bits per heavy atom. The van der Waals surface area contributed by atoms with E-state index in [1.165, 1.54) is 16.3 Å². The second-order valence-corrected chi connectivity index (χ2v) is 5.31. The van der Waals surface area contributed by atoms with Crippen LogP contribution >= 0.6 is 0 Å². The number of hydrogen-bond acceptors (Lipinski definition) is 1. The Labute approximate surface area is 123 Å². The van der Waals surface area contributed by atoms with Gasteiger partial charge in [-0.2, -0.15) is 0 Å². The molecule has 3 aromatic rings.